The molecule has 0 rings (SSSR count). The minimum Gasteiger partial charge on any atom is -0.462 e. The van der Waals surface area contributed by atoms with E-state index in [0.29, 0.717) is 19.3 Å². The van der Waals surface area contributed by atoms with Crippen LogP contribution in [-0.4, -0.2) is 47.6 Å². The van der Waals surface area contributed by atoms with Crippen molar-refractivity contribution in [3.8, 4) is 0 Å². The molecule has 0 aromatic carbocycles. The predicted octanol–water partition coefficient (Wildman–Crippen LogP) is 9.25. The first kappa shape index (κ1) is 40.8. The molecule has 0 radical (unpaired) electrons. The molecule has 0 amide bonds. The van der Waals surface area contributed by atoms with E-state index in [-0.39, 0.29) is 31.3 Å². The lowest BCUT2D eigenvalue weighted by Crippen LogP contribution is -2.28. The molecular weight excluding hydrogens is 540 g/mol. The number of esters is 2. The maximum atomic E-state index is 12.1. The Balaban J connectivity index is 3.73. The summed E-state index contributed by atoms with van der Waals surface area (Å²) in [6.45, 7) is 3.86. The van der Waals surface area contributed by atoms with Crippen LogP contribution in [0.2, 0.25) is 0 Å². The predicted molar refractivity (Wildman–Crippen MR) is 179 cm³/mol. The van der Waals surface area contributed by atoms with Gasteiger partial charge in [0.05, 0.1) is 12.7 Å². The van der Waals surface area contributed by atoms with Crippen molar-refractivity contribution in [3.05, 3.63) is 48.6 Å². The van der Waals surface area contributed by atoms with Crippen molar-refractivity contribution >= 4 is 11.9 Å². The molecule has 0 fully saturated rings. The monoisotopic (exact) mass is 604 g/mol. The number of hydrogen-bond donors (Lipinski definition) is 2. The van der Waals surface area contributed by atoms with Gasteiger partial charge in [0, 0.05) is 12.8 Å². The molecule has 0 saturated carbocycles. The minimum atomic E-state index is -0.799. The van der Waals surface area contributed by atoms with Gasteiger partial charge in [0.1, 0.15) is 6.61 Å². The van der Waals surface area contributed by atoms with Crippen molar-refractivity contribution in [2.24, 2.45) is 0 Å². The van der Waals surface area contributed by atoms with Gasteiger partial charge in [-0.25, -0.2) is 0 Å². The summed E-state index contributed by atoms with van der Waals surface area (Å²) in [5.74, 6) is -0.681. The van der Waals surface area contributed by atoms with Gasteiger partial charge in [-0.2, -0.15) is 0 Å². The van der Waals surface area contributed by atoms with Gasteiger partial charge in [0.2, 0.25) is 0 Å². The fraction of sp³-hybridized carbons (Fsp3) is 0.730. The smallest absolute Gasteiger partial charge is 0.306 e. The number of hydrogen-bond acceptors (Lipinski definition) is 6. The lowest BCUT2D eigenvalue weighted by molar-refractivity contribution is -0.161. The van der Waals surface area contributed by atoms with Crippen LogP contribution in [0.1, 0.15) is 149 Å². The highest BCUT2D eigenvalue weighted by atomic mass is 16.6. The van der Waals surface area contributed by atoms with Crippen LogP contribution in [0.25, 0.3) is 0 Å². The van der Waals surface area contributed by atoms with Gasteiger partial charge in [0.25, 0.3) is 0 Å². The van der Waals surface area contributed by atoms with E-state index in [1.807, 2.05) is 0 Å². The van der Waals surface area contributed by atoms with Gasteiger partial charge >= 0.3 is 11.9 Å². The second-order valence-electron chi connectivity index (χ2n) is 11.4. The third-order valence-corrected chi connectivity index (χ3v) is 7.18. The summed E-state index contributed by atoms with van der Waals surface area (Å²) in [6, 6.07) is 0. The molecule has 0 aliphatic carbocycles. The number of carbonyl (C=O) groups excluding carboxylic acids is 2. The molecule has 0 saturated heterocycles. The normalized spacial score (nSPS) is 13.5. The molecule has 2 atom stereocenters. The van der Waals surface area contributed by atoms with Crippen LogP contribution >= 0.6 is 0 Å². The Kier molecular flexibility index (Phi) is 31.1. The van der Waals surface area contributed by atoms with E-state index >= 15 is 0 Å². The fourth-order valence-electron chi connectivity index (χ4n) is 4.56. The van der Waals surface area contributed by atoms with Crippen LogP contribution in [0, 0.1) is 0 Å². The standard InChI is InChI=1S/C37H64O6/c1-3-5-6-7-8-9-13-18-21-24-27-31-37(41)43-35(32-38)33-42-36(40)30-26-23-20-17-15-12-10-11-14-16-19-22-25-29-34(39)28-4-2/h10,12,14,16-17,20,22,25,34-35,38-39H,3-9,11,13,15,18-19,21,23-24,26-33H2,1-2H3/b12-10-,16-14-,20-17-,25-22-/t34?,35-/m0/s1. The lowest BCUT2D eigenvalue weighted by Gasteiger charge is -2.15. The quantitative estimate of drug-likeness (QED) is 0.0482. The highest BCUT2D eigenvalue weighted by molar-refractivity contribution is 5.70. The van der Waals surface area contributed by atoms with Crippen molar-refractivity contribution < 1.29 is 29.3 Å². The second-order valence-corrected chi connectivity index (χ2v) is 11.4. The highest BCUT2D eigenvalue weighted by Crippen LogP contribution is 2.12. The number of carbonyl (C=O) groups is 2. The average Bonchev–Trinajstić information content (AvgIpc) is 3.00. The first-order valence-corrected chi connectivity index (χ1v) is 17.3. The molecule has 0 bridgehead atoms. The summed E-state index contributed by atoms with van der Waals surface area (Å²) in [5.41, 5.74) is 0. The molecule has 1 unspecified atom stereocenters. The SMILES string of the molecule is CCCCCCCCCCCCCC(=O)O[C@@H](CO)COC(=O)CCC/C=C\C/C=C\C/C=C\C/C=C\CC(O)CCC. The zero-order valence-electron chi connectivity index (χ0n) is 27.6. The van der Waals surface area contributed by atoms with E-state index in [0.717, 1.165) is 64.2 Å². The summed E-state index contributed by atoms with van der Waals surface area (Å²) < 4.78 is 10.5. The fourth-order valence-corrected chi connectivity index (χ4v) is 4.56. The first-order chi connectivity index (χ1) is 21.0. The van der Waals surface area contributed by atoms with Gasteiger partial charge in [0.15, 0.2) is 6.10 Å². The Morgan fingerprint density at radius 1 is 0.628 bits per heavy atom. The topological polar surface area (TPSA) is 93.1 Å². The summed E-state index contributed by atoms with van der Waals surface area (Å²) in [7, 11) is 0. The molecule has 0 aliphatic heterocycles. The maximum absolute atomic E-state index is 12.1. The van der Waals surface area contributed by atoms with Gasteiger partial charge < -0.3 is 19.7 Å². The molecule has 0 aromatic heterocycles. The number of unbranched alkanes of at least 4 members (excludes halogenated alkanes) is 11. The Labute approximate surface area is 263 Å². The second kappa shape index (κ2) is 32.7. The van der Waals surface area contributed by atoms with E-state index in [1.54, 1.807) is 0 Å². The van der Waals surface area contributed by atoms with Crippen molar-refractivity contribution in [3.63, 3.8) is 0 Å². The number of aliphatic hydroxyl groups excluding tert-OH is 2. The van der Waals surface area contributed by atoms with Crippen LogP contribution in [0.15, 0.2) is 48.6 Å². The summed E-state index contributed by atoms with van der Waals surface area (Å²) >= 11 is 0. The third kappa shape index (κ3) is 31.1. The molecule has 0 aliphatic rings. The largest absolute Gasteiger partial charge is 0.462 e. The number of rotatable bonds is 30. The zero-order chi connectivity index (χ0) is 31.6. The van der Waals surface area contributed by atoms with E-state index in [4.69, 9.17) is 9.47 Å². The lowest BCUT2D eigenvalue weighted by atomic mass is 10.1. The van der Waals surface area contributed by atoms with Crippen LogP contribution < -0.4 is 0 Å². The number of ether oxygens (including phenoxy) is 2. The van der Waals surface area contributed by atoms with Crippen molar-refractivity contribution in [1.29, 1.82) is 0 Å². The maximum Gasteiger partial charge on any atom is 0.306 e. The van der Waals surface area contributed by atoms with E-state index in [1.165, 1.54) is 51.4 Å². The van der Waals surface area contributed by atoms with Crippen molar-refractivity contribution in [2.75, 3.05) is 13.2 Å². The molecule has 0 spiro atoms. The number of allylic oxidation sites excluding steroid dienone is 7. The van der Waals surface area contributed by atoms with Crippen LogP contribution in [0.4, 0.5) is 0 Å². The van der Waals surface area contributed by atoms with Crippen LogP contribution in [0.3, 0.4) is 0 Å². The van der Waals surface area contributed by atoms with Gasteiger partial charge in [-0.3, -0.25) is 9.59 Å². The Morgan fingerprint density at radius 3 is 1.70 bits per heavy atom. The van der Waals surface area contributed by atoms with E-state index in [9.17, 15) is 19.8 Å². The molecule has 2 N–H and O–H groups in total. The Hall–Kier alpha value is -2.18. The van der Waals surface area contributed by atoms with Crippen LogP contribution in [-0.2, 0) is 19.1 Å². The van der Waals surface area contributed by atoms with E-state index < -0.39 is 6.10 Å². The average molecular weight is 605 g/mol. The van der Waals surface area contributed by atoms with Gasteiger partial charge in [-0.15, -0.1) is 0 Å². The molecule has 43 heavy (non-hydrogen) atoms. The van der Waals surface area contributed by atoms with E-state index in [2.05, 4.69) is 62.5 Å². The molecule has 6 nitrogen and oxygen atoms in total. The summed E-state index contributed by atoms with van der Waals surface area (Å²) in [6.07, 6.45) is 36.6. The Bertz CT molecular complexity index is 754. The van der Waals surface area contributed by atoms with Gasteiger partial charge in [-0.1, -0.05) is 133 Å². The first-order valence-electron chi connectivity index (χ1n) is 17.3. The molecular formula is C37H64O6. The molecule has 248 valence electrons. The van der Waals surface area contributed by atoms with Crippen LogP contribution in [0.5, 0.6) is 0 Å². The zero-order valence-corrected chi connectivity index (χ0v) is 27.6. The highest BCUT2D eigenvalue weighted by Gasteiger charge is 2.16. The molecule has 6 heteroatoms. The molecule has 0 aromatic rings. The summed E-state index contributed by atoms with van der Waals surface area (Å²) in [5, 5.41) is 19.2. The molecule has 0 heterocycles. The van der Waals surface area contributed by atoms with Crippen molar-refractivity contribution in [1.82, 2.24) is 0 Å². The van der Waals surface area contributed by atoms with Gasteiger partial charge in [-0.05, 0) is 51.4 Å². The summed E-state index contributed by atoms with van der Waals surface area (Å²) in [4.78, 5) is 24.1. The minimum absolute atomic E-state index is 0.104. The van der Waals surface area contributed by atoms with Crippen molar-refractivity contribution in [2.45, 2.75) is 161 Å². The Morgan fingerprint density at radius 2 is 1.14 bits per heavy atom. The third-order valence-electron chi connectivity index (χ3n) is 7.18. The number of aliphatic hydroxyl groups is 2.